The molecule has 2 fully saturated rings. The summed E-state index contributed by atoms with van der Waals surface area (Å²) in [5.41, 5.74) is 5.74. The quantitative estimate of drug-likeness (QED) is 0.0798. The fourth-order valence-corrected chi connectivity index (χ4v) is 10.6. The van der Waals surface area contributed by atoms with E-state index in [0.717, 1.165) is 74.1 Å². The molecule has 0 atom stereocenters. The molecule has 2 aromatic heterocycles. The van der Waals surface area contributed by atoms with E-state index in [-0.39, 0.29) is 29.8 Å². The van der Waals surface area contributed by atoms with Crippen LogP contribution in [0.15, 0.2) is 89.5 Å². The second kappa shape index (κ2) is 18.2. The molecular weight excluding hydrogens is 882 g/mol. The number of piperazine rings is 1. The smallest absolute Gasteiger partial charge is 0.293 e. The fourth-order valence-electron chi connectivity index (χ4n) is 9.46. The van der Waals surface area contributed by atoms with Gasteiger partial charge in [-0.15, -0.1) is 0 Å². The third kappa shape index (κ3) is 9.41. The number of H-pyrrole nitrogens is 1. The lowest BCUT2D eigenvalue weighted by atomic mass is 9.72. The number of nitrogens with one attached hydrogen (secondary N) is 3. The minimum absolute atomic E-state index is 0.0547. The summed E-state index contributed by atoms with van der Waals surface area (Å²) in [5, 5.41) is 26.7. The van der Waals surface area contributed by atoms with Crippen molar-refractivity contribution in [3.63, 3.8) is 0 Å². The Morgan fingerprint density at radius 1 is 0.970 bits per heavy atom. The molecule has 3 aliphatic heterocycles. The average Bonchev–Trinajstić information content (AvgIpc) is 3.78. The van der Waals surface area contributed by atoms with Crippen LogP contribution in [0.3, 0.4) is 0 Å². The van der Waals surface area contributed by atoms with Crippen molar-refractivity contribution in [2.24, 2.45) is 10.8 Å². The van der Waals surface area contributed by atoms with E-state index in [1.807, 2.05) is 41.3 Å². The van der Waals surface area contributed by atoms with Gasteiger partial charge >= 0.3 is 0 Å². The van der Waals surface area contributed by atoms with Crippen LogP contribution in [0.4, 0.5) is 28.4 Å². The first-order valence-corrected chi connectivity index (χ1v) is 24.1. The van der Waals surface area contributed by atoms with Gasteiger partial charge in [-0.3, -0.25) is 19.8 Å². The maximum Gasteiger partial charge on any atom is 0.293 e. The molecule has 0 saturated carbocycles. The van der Waals surface area contributed by atoms with E-state index in [4.69, 9.17) is 21.1 Å². The summed E-state index contributed by atoms with van der Waals surface area (Å²) in [5.74, 6) is -0.544. The molecular formula is C48H52ClN9O7S. The van der Waals surface area contributed by atoms with Crippen LogP contribution in [-0.2, 0) is 14.8 Å². The predicted octanol–water partition coefficient (Wildman–Crippen LogP) is 8.29. The Hall–Kier alpha value is -6.19. The number of nitriles is 1. The van der Waals surface area contributed by atoms with Crippen molar-refractivity contribution < 1.29 is 27.6 Å². The second-order valence-electron chi connectivity index (χ2n) is 18.4. The molecule has 1 aliphatic carbocycles. The van der Waals surface area contributed by atoms with Crippen LogP contribution in [-0.4, -0.2) is 99.8 Å². The molecule has 18 heteroatoms. The maximum atomic E-state index is 14.3. The van der Waals surface area contributed by atoms with Crippen LogP contribution in [0.5, 0.6) is 5.88 Å². The van der Waals surface area contributed by atoms with Gasteiger partial charge in [0.05, 0.1) is 39.1 Å². The Kier molecular flexibility index (Phi) is 12.4. The highest BCUT2D eigenvalue weighted by atomic mass is 35.5. The summed E-state index contributed by atoms with van der Waals surface area (Å²) < 4.78 is 41.5. The van der Waals surface area contributed by atoms with Crippen molar-refractivity contribution in [1.82, 2.24) is 19.6 Å². The van der Waals surface area contributed by atoms with E-state index >= 15 is 0 Å². The van der Waals surface area contributed by atoms with Gasteiger partial charge in [0.15, 0.2) is 0 Å². The number of nitro groups is 1. The standard InChI is InChI=1S/C48H52ClN9O7S/c1-47(2)13-11-34(39(28-47)32-3-5-35(49)6-4-32)29-55-17-19-56(20-18-55)36-7-9-38(41(26-36)57-21-24-65-46-43(57)25-33-12-16-51-44(33)53-46)45(59)54-66(62,63)37-8-10-40(42(27-37)58(60)61)52-31-48(30-50)14-22-64-23-15-48/h3-10,12,16,25-27,52H,11,13-15,17-24,28-29,31H2,1-2H3,(H,51,53)(H,54,59). The van der Waals surface area contributed by atoms with Crippen molar-refractivity contribution in [2.75, 3.05) is 80.8 Å². The number of halogens is 1. The number of amides is 1. The summed E-state index contributed by atoms with van der Waals surface area (Å²) in [6.07, 6.45) is 5.87. The normalized spacial score (nSPS) is 18.6. The molecule has 2 saturated heterocycles. The largest absolute Gasteiger partial charge is 0.474 e. The van der Waals surface area contributed by atoms with Crippen LogP contribution in [0.1, 0.15) is 61.9 Å². The second-order valence-corrected chi connectivity index (χ2v) is 20.5. The topological polar surface area (TPSA) is 199 Å². The number of allylic oxidation sites excluding steroid dienone is 1. The Balaban J connectivity index is 0.977. The maximum absolute atomic E-state index is 14.3. The predicted molar refractivity (Wildman–Crippen MR) is 254 cm³/mol. The van der Waals surface area contributed by atoms with E-state index < -0.39 is 36.9 Å². The number of carbonyl (C=O) groups is 1. The number of aromatic amines is 1. The number of aromatic nitrogens is 2. The van der Waals surface area contributed by atoms with Crippen LogP contribution in [0.2, 0.25) is 5.02 Å². The van der Waals surface area contributed by atoms with Crippen molar-refractivity contribution in [1.29, 1.82) is 5.26 Å². The molecule has 0 spiro atoms. The Morgan fingerprint density at radius 3 is 2.48 bits per heavy atom. The highest BCUT2D eigenvalue weighted by molar-refractivity contribution is 7.90. The Bertz CT molecular complexity index is 2860. The van der Waals surface area contributed by atoms with Gasteiger partial charge in [0.25, 0.3) is 21.6 Å². The summed E-state index contributed by atoms with van der Waals surface area (Å²) in [7, 11) is -4.63. The van der Waals surface area contributed by atoms with E-state index in [1.54, 1.807) is 12.3 Å². The molecule has 344 valence electrons. The number of carbonyl (C=O) groups excluding carboxylic acids is 1. The molecule has 0 unspecified atom stereocenters. The number of nitrogens with zero attached hydrogens (tertiary/aromatic N) is 6. The van der Waals surface area contributed by atoms with Gasteiger partial charge in [-0.05, 0) is 103 Å². The molecule has 0 bridgehead atoms. The molecule has 66 heavy (non-hydrogen) atoms. The first kappa shape index (κ1) is 45.0. The highest BCUT2D eigenvalue weighted by Crippen LogP contribution is 2.44. The number of fused-ring (bicyclic) bond motifs is 2. The SMILES string of the molecule is CC1(C)CCC(CN2CCN(c3ccc(C(=O)NS(=O)(=O)c4ccc(NCC5(C#N)CCOCC5)c([N+](=O)[O-])c4)c(N4CCOc5nc6[nH]ccc6cc54)c3)CC2)=C(c2ccc(Cl)cc2)C1. The molecule has 3 N–H and O–H groups in total. The number of ether oxygens (including phenoxy) is 2. The lowest BCUT2D eigenvalue weighted by Gasteiger charge is -2.39. The van der Waals surface area contributed by atoms with Gasteiger partial charge in [0, 0.05) is 80.8 Å². The van der Waals surface area contributed by atoms with Gasteiger partial charge in [-0.2, -0.15) is 10.2 Å². The van der Waals surface area contributed by atoms with Crippen molar-refractivity contribution >= 4 is 72.6 Å². The van der Waals surface area contributed by atoms with E-state index in [9.17, 15) is 28.6 Å². The van der Waals surface area contributed by atoms with E-state index in [1.165, 1.54) is 28.8 Å². The number of hydrogen-bond donors (Lipinski definition) is 3. The van der Waals surface area contributed by atoms with E-state index in [2.05, 4.69) is 61.9 Å². The van der Waals surface area contributed by atoms with Gasteiger partial charge in [-0.1, -0.05) is 43.2 Å². The molecule has 4 aliphatic rings. The molecule has 5 aromatic rings. The molecule has 1 amide bonds. The zero-order valence-corrected chi connectivity index (χ0v) is 38.5. The van der Waals surface area contributed by atoms with Gasteiger partial charge in [0.2, 0.25) is 5.88 Å². The van der Waals surface area contributed by atoms with Crippen LogP contribution < -0.4 is 24.6 Å². The van der Waals surface area contributed by atoms with Gasteiger partial charge in [0.1, 0.15) is 23.6 Å². The molecule has 16 nitrogen and oxygen atoms in total. The number of sulfonamides is 1. The minimum Gasteiger partial charge on any atom is -0.474 e. The molecule has 5 heterocycles. The molecule has 0 radical (unpaired) electrons. The average molecular weight is 935 g/mol. The lowest BCUT2D eigenvalue weighted by molar-refractivity contribution is -0.384. The summed E-state index contributed by atoms with van der Waals surface area (Å²) in [6, 6.07) is 23.1. The van der Waals surface area contributed by atoms with Crippen LogP contribution >= 0.6 is 11.6 Å². The Labute approximate surface area is 388 Å². The number of hydrogen-bond acceptors (Lipinski definition) is 13. The molecule has 3 aromatic carbocycles. The Morgan fingerprint density at radius 2 is 1.74 bits per heavy atom. The first-order valence-electron chi connectivity index (χ1n) is 22.3. The zero-order valence-electron chi connectivity index (χ0n) is 36.9. The third-order valence-electron chi connectivity index (χ3n) is 13.4. The summed E-state index contributed by atoms with van der Waals surface area (Å²) in [6.45, 7) is 10.2. The van der Waals surface area contributed by atoms with Gasteiger partial charge in [-0.25, -0.2) is 13.1 Å². The number of rotatable bonds is 12. The van der Waals surface area contributed by atoms with E-state index in [0.29, 0.717) is 55.5 Å². The minimum atomic E-state index is -4.63. The summed E-state index contributed by atoms with van der Waals surface area (Å²) in [4.78, 5) is 39.9. The van der Waals surface area contributed by atoms with Gasteiger partial charge < -0.3 is 29.6 Å². The number of nitro benzene ring substituents is 1. The lowest BCUT2D eigenvalue weighted by Crippen LogP contribution is -2.47. The molecule has 9 rings (SSSR count). The summed E-state index contributed by atoms with van der Waals surface area (Å²) >= 11 is 6.26. The number of pyridine rings is 1. The fraction of sp³-hybridized carbons (Fsp3) is 0.396. The number of anilines is 4. The van der Waals surface area contributed by atoms with Crippen LogP contribution in [0, 0.1) is 32.3 Å². The number of benzene rings is 3. The van der Waals surface area contributed by atoms with Crippen molar-refractivity contribution in [2.45, 2.75) is 50.8 Å². The zero-order chi connectivity index (χ0) is 46.2. The van der Waals surface area contributed by atoms with Crippen molar-refractivity contribution in [3.8, 4) is 11.9 Å². The van der Waals surface area contributed by atoms with Crippen molar-refractivity contribution in [3.05, 3.63) is 111 Å². The first-order chi connectivity index (χ1) is 31.7. The monoisotopic (exact) mass is 933 g/mol. The highest BCUT2D eigenvalue weighted by Gasteiger charge is 2.35. The van der Waals surface area contributed by atoms with Crippen LogP contribution in [0.25, 0.3) is 16.6 Å². The third-order valence-corrected chi connectivity index (χ3v) is 15.0.